The summed E-state index contributed by atoms with van der Waals surface area (Å²) in [4.78, 5) is 8.53. The van der Waals surface area contributed by atoms with Crippen LogP contribution in [0.25, 0.3) is 0 Å². The Kier molecular flexibility index (Phi) is 9.33. The Morgan fingerprint density at radius 1 is 1.15 bits per heavy atom. The number of pyridine rings is 1. The second-order valence-electron chi connectivity index (χ2n) is 5.42. The van der Waals surface area contributed by atoms with E-state index in [1.165, 1.54) is 12.1 Å². The van der Waals surface area contributed by atoms with Crippen molar-refractivity contribution in [3.05, 3.63) is 59.3 Å². The maximum atomic E-state index is 12.6. The van der Waals surface area contributed by atoms with Crippen molar-refractivity contribution in [2.24, 2.45) is 4.99 Å². The lowest BCUT2D eigenvalue weighted by Crippen LogP contribution is -2.36. The first kappa shape index (κ1) is 23.0. The first-order valence-corrected chi connectivity index (χ1v) is 8.10. The molecule has 2 aromatic rings. The molecule has 0 amide bonds. The van der Waals surface area contributed by atoms with Crippen molar-refractivity contribution in [1.82, 2.24) is 15.6 Å². The largest absolute Gasteiger partial charge is 0.481 e. The summed E-state index contributed by atoms with van der Waals surface area (Å²) < 4.78 is 43.0. The van der Waals surface area contributed by atoms with Gasteiger partial charge < -0.3 is 15.4 Å². The van der Waals surface area contributed by atoms with Gasteiger partial charge in [0, 0.05) is 24.8 Å². The number of ether oxygens (including phenoxy) is 1. The Morgan fingerprint density at radius 2 is 1.85 bits per heavy atom. The molecule has 0 fully saturated rings. The van der Waals surface area contributed by atoms with Crippen molar-refractivity contribution in [2.45, 2.75) is 26.2 Å². The summed E-state index contributed by atoms with van der Waals surface area (Å²) in [5.74, 6) is 1.08. The lowest BCUT2D eigenvalue weighted by atomic mass is 10.1. The monoisotopic (exact) mass is 494 g/mol. The van der Waals surface area contributed by atoms with Crippen LogP contribution >= 0.6 is 24.0 Å². The van der Waals surface area contributed by atoms with Gasteiger partial charge in [0.15, 0.2) is 5.96 Å². The summed E-state index contributed by atoms with van der Waals surface area (Å²) in [5, 5.41) is 6.25. The molecule has 0 atom stereocenters. The van der Waals surface area contributed by atoms with Crippen molar-refractivity contribution < 1.29 is 17.9 Å². The van der Waals surface area contributed by atoms with Gasteiger partial charge in [-0.2, -0.15) is 13.2 Å². The molecule has 1 aromatic carbocycles. The van der Waals surface area contributed by atoms with Gasteiger partial charge in [0.2, 0.25) is 5.88 Å². The van der Waals surface area contributed by atoms with E-state index in [2.05, 4.69) is 20.6 Å². The highest BCUT2D eigenvalue weighted by Gasteiger charge is 2.29. The highest BCUT2D eigenvalue weighted by Crippen LogP contribution is 2.29. The average Bonchev–Trinajstić information content (AvgIpc) is 2.64. The van der Waals surface area contributed by atoms with Crippen LogP contribution in [0.5, 0.6) is 5.88 Å². The molecule has 0 unspecified atom stereocenters. The first-order valence-electron chi connectivity index (χ1n) is 8.10. The minimum absolute atomic E-state index is 0. The lowest BCUT2D eigenvalue weighted by Gasteiger charge is -2.13. The zero-order valence-corrected chi connectivity index (χ0v) is 17.3. The van der Waals surface area contributed by atoms with Gasteiger partial charge in [0.25, 0.3) is 0 Å². The number of halogens is 4. The maximum absolute atomic E-state index is 12.6. The second kappa shape index (κ2) is 11.0. The number of hydrogen-bond donors (Lipinski definition) is 2. The van der Waals surface area contributed by atoms with Crippen molar-refractivity contribution in [3.63, 3.8) is 0 Å². The first-order chi connectivity index (χ1) is 12.4. The molecule has 27 heavy (non-hydrogen) atoms. The summed E-state index contributed by atoms with van der Waals surface area (Å²) in [5.41, 5.74) is 0.892. The van der Waals surface area contributed by atoms with Gasteiger partial charge >= 0.3 is 6.18 Å². The predicted molar refractivity (Wildman–Crippen MR) is 109 cm³/mol. The van der Waals surface area contributed by atoms with Crippen LogP contribution in [-0.2, 0) is 19.3 Å². The minimum atomic E-state index is -4.33. The van der Waals surface area contributed by atoms with Gasteiger partial charge in [0.1, 0.15) is 0 Å². The van der Waals surface area contributed by atoms with Crippen LogP contribution in [0.3, 0.4) is 0 Å². The Balaban J connectivity index is 0.00000364. The molecule has 0 aliphatic heterocycles. The average molecular weight is 494 g/mol. The van der Waals surface area contributed by atoms with E-state index < -0.39 is 11.7 Å². The molecule has 0 saturated carbocycles. The number of methoxy groups -OCH3 is 1. The molecular weight excluding hydrogens is 472 g/mol. The van der Waals surface area contributed by atoms with Crippen molar-refractivity contribution >= 4 is 29.9 Å². The number of rotatable bonds is 6. The zero-order valence-electron chi connectivity index (χ0n) is 15.0. The number of hydrogen-bond acceptors (Lipinski definition) is 3. The Labute approximate surface area is 173 Å². The van der Waals surface area contributed by atoms with Crippen LogP contribution < -0.4 is 15.4 Å². The number of nitrogens with one attached hydrogen (secondary N) is 2. The van der Waals surface area contributed by atoms with Crippen LogP contribution in [0.15, 0.2) is 47.6 Å². The van der Waals surface area contributed by atoms with Crippen molar-refractivity contribution in [3.8, 4) is 5.88 Å². The van der Waals surface area contributed by atoms with E-state index in [-0.39, 0.29) is 30.5 Å². The van der Waals surface area contributed by atoms with E-state index >= 15 is 0 Å². The molecule has 148 valence electrons. The van der Waals surface area contributed by atoms with Gasteiger partial charge in [0.05, 0.1) is 19.2 Å². The fourth-order valence-electron chi connectivity index (χ4n) is 2.23. The molecule has 0 saturated heterocycles. The van der Waals surface area contributed by atoms with E-state index in [9.17, 15) is 13.2 Å². The number of nitrogens with zero attached hydrogens (tertiary/aromatic N) is 2. The molecule has 0 aliphatic rings. The van der Waals surface area contributed by atoms with Crippen LogP contribution in [-0.4, -0.2) is 24.6 Å². The molecule has 1 heterocycles. The van der Waals surface area contributed by atoms with Gasteiger partial charge in [-0.25, -0.2) is 9.98 Å². The second-order valence-corrected chi connectivity index (χ2v) is 5.42. The maximum Gasteiger partial charge on any atom is 0.416 e. The molecule has 0 bridgehead atoms. The van der Waals surface area contributed by atoms with Crippen LogP contribution in [0, 0.1) is 0 Å². The van der Waals surface area contributed by atoms with E-state index in [1.54, 1.807) is 13.3 Å². The third-order valence-corrected chi connectivity index (χ3v) is 3.53. The summed E-state index contributed by atoms with van der Waals surface area (Å²) in [7, 11) is 1.55. The Morgan fingerprint density at radius 3 is 2.44 bits per heavy atom. The van der Waals surface area contributed by atoms with E-state index in [0.717, 1.165) is 17.7 Å². The van der Waals surface area contributed by atoms with E-state index in [0.29, 0.717) is 30.5 Å². The third-order valence-electron chi connectivity index (χ3n) is 3.53. The van der Waals surface area contributed by atoms with E-state index in [4.69, 9.17) is 4.74 Å². The normalized spacial score (nSPS) is 11.5. The topological polar surface area (TPSA) is 58.5 Å². The van der Waals surface area contributed by atoms with E-state index in [1.807, 2.05) is 19.1 Å². The summed E-state index contributed by atoms with van der Waals surface area (Å²) >= 11 is 0. The minimum Gasteiger partial charge on any atom is -0.481 e. The summed E-state index contributed by atoms with van der Waals surface area (Å²) in [6.45, 7) is 3.30. The fraction of sp³-hybridized carbons (Fsp3) is 0.333. The van der Waals surface area contributed by atoms with Crippen molar-refractivity contribution in [2.75, 3.05) is 13.7 Å². The molecule has 0 radical (unpaired) electrons. The zero-order chi connectivity index (χ0) is 19.0. The Hall–Kier alpha value is -2.04. The SMILES string of the molecule is CCNC(=NCc1ccc(C(F)(F)F)cc1)NCc1cccnc1OC.I. The highest BCUT2D eigenvalue weighted by atomic mass is 127. The highest BCUT2D eigenvalue weighted by molar-refractivity contribution is 14.0. The molecule has 2 rings (SSSR count). The quantitative estimate of drug-likeness (QED) is 0.363. The Bertz CT molecular complexity index is 736. The third kappa shape index (κ3) is 7.24. The summed E-state index contributed by atoms with van der Waals surface area (Å²) in [6, 6.07) is 8.68. The van der Waals surface area contributed by atoms with Crippen LogP contribution in [0.1, 0.15) is 23.6 Å². The molecule has 1 aromatic heterocycles. The molecule has 9 heteroatoms. The summed E-state index contributed by atoms with van der Waals surface area (Å²) in [6.07, 6.45) is -2.69. The molecular formula is C18H22F3IN4O. The number of aromatic nitrogens is 1. The van der Waals surface area contributed by atoms with Crippen LogP contribution in [0.4, 0.5) is 13.2 Å². The number of alkyl halides is 3. The molecule has 0 aliphatic carbocycles. The molecule has 2 N–H and O–H groups in total. The van der Waals surface area contributed by atoms with Gasteiger partial charge in [-0.3, -0.25) is 0 Å². The van der Waals surface area contributed by atoms with Gasteiger partial charge in [-0.15, -0.1) is 24.0 Å². The van der Waals surface area contributed by atoms with Crippen LogP contribution in [0.2, 0.25) is 0 Å². The number of guanidine groups is 1. The number of benzene rings is 1. The fourth-order valence-corrected chi connectivity index (χ4v) is 2.23. The molecule has 5 nitrogen and oxygen atoms in total. The van der Waals surface area contributed by atoms with Gasteiger partial charge in [-0.1, -0.05) is 18.2 Å². The smallest absolute Gasteiger partial charge is 0.416 e. The number of aliphatic imine (C=N–C) groups is 1. The predicted octanol–water partition coefficient (Wildman–Crippen LogP) is 3.98. The standard InChI is InChI=1S/C18H21F3N4O.HI/c1-3-22-17(25-12-14-5-4-10-23-16(14)26-2)24-11-13-6-8-15(9-7-13)18(19,20)21;/h4-10H,3,11-12H2,1-2H3,(H2,22,24,25);1H. The molecule has 0 spiro atoms. The lowest BCUT2D eigenvalue weighted by molar-refractivity contribution is -0.137. The van der Waals surface area contributed by atoms with Gasteiger partial charge in [-0.05, 0) is 30.7 Å². The van der Waals surface area contributed by atoms with Crippen molar-refractivity contribution in [1.29, 1.82) is 0 Å².